The fourth-order valence-corrected chi connectivity index (χ4v) is 5.80. The Kier molecular flexibility index (Phi) is 15.6. The van der Waals surface area contributed by atoms with Gasteiger partial charge in [-0.05, 0) is 33.8 Å². The molecule has 2 saturated heterocycles. The van der Waals surface area contributed by atoms with E-state index >= 15 is 0 Å². The summed E-state index contributed by atoms with van der Waals surface area (Å²) in [6, 6.07) is 20.6. The number of amides is 1. The fraction of sp³-hybridized carbons (Fsp3) is 0.545. The third-order valence-corrected chi connectivity index (χ3v) is 8.06. The molecule has 8 heteroatoms. The van der Waals surface area contributed by atoms with Crippen molar-refractivity contribution in [3.8, 4) is 0 Å². The molecular formula is C33H46N2O6. The highest BCUT2D eigenvalue weighted by atomic mass is 16.6. The van der Waals surface area contributed by atoms with Crippen molar-refractivity contribution in [1.29, 1.82) is 0 Å². The number of likely N-dealkylation sites (tertiary alicyclic amines) is 2. The lowest BCUT2D eigenvalue weighted by atomic mass is 9.81. The Balaban J connectivity index is 0.000000347. The van der Waals surface area contributed by atoms with E-state index in [1.54, 1.807) is 0 Å². The largest absolute Gasteiger partial charge is 0.445 e. The van der Waals surface area contributed by atoms with E-state index in [-0.39, 0.29) is 23.8 Å². The molecule has 0 bridgehead atoms. The number of rotatable bonds is 6. The summed E-state index contributed by atoms with van der Waals surface area (Å²) in [5.74, 6) is 1.42. The zero-order chi connectivity index (χ0) is 30.9. The number of ether oxygens (including phenoxy) is 1. The summed E-state index contributed by atoms with van der Waals surface area (Å²) >= 11 is 0. The van der Waals surface area contributed by atoms with Gasteiger partial charge in [-0.2, -0.15) is 19.2 Å². The van der Waals surface area contributed by atoms with Crippen LogP contribution in [-0.2, 0) is 37.1 Å². The minimum absolute atomic E-state index is 0.187. The zero-order valence-electron chi connectivity index (χ0n) is 25.4. The number of carbonyl (C=O) groups is 1. The first-order valence-electron chi connectivity index (χ1n) is 14.2. The topological polar surface area (TPSA) is 101 Å². The van der Waals surface area contributed by atoms with Crippen LogP contribution in [0.2, 0.25) is 0 Å². The first-order valence-corrected chi connectivity index (χ1v) is 14.2. The molecule has 2 atom stereocenters. The first kappa shape index (κ1) is 35.5. The van der Waals surface area contributed by atoms with Gasteiger partial charge in [-0.3, -0.25) is 4.90 Å². The van der Waals surface area contributed by atoms with E-state index in [1.165, 1.54) is 25.1 Å². The SMILES string of the molecule is CC[C@@H]1CN(C(=O)OCc2ccccc2)CC1(C)C.CC[C@@H]1CN(Cc2ccccc2)CC1(C)C.O=C=O.O=C=O. The maximum Gasteiger partial charge on any atom is 0.410 e. The van der Waals surface area contributed by atoms with E-state index in [0.717, 1.165) is 37.5 Å². The third-order valence-electron chi connectivity index (χ3n) is 8.06. The maximum atomic E-state index is 12.1. The molecule has 224 valence electrons. The molecule has 0 saturated carbocycles. The smallest absolute Gasteiger partial charge is 0.410 e. The van der Waals surface area contributed by atoms with Crippen LogP contribution in [0.3, 0.4) is 0 Å². The monoisotopic (exact) mass is 566 g/mol. The van der Waals surface area contributed by atoms with Gasteiger partial charge in [-0.15, -0.1) is 0 Å². The van der Waals surface area contributed by atoms with Crippen molar-refractivity contribution in [3.05, 3.63) is 71.8 Å². The van der Waals surface area contributed by atoms with Crippen LogP contribution >= 0.6 is 0 Å². The predicted molar refractivity (Wildman–Crippen MR) is 155 cm³/mol. The molecule has 4 rings (SSSR count). The van der Waals surface area contributed by atoms with Gasteiger partial charge in [0.15, 0.2) is 0 Å². The van der Waals surface area contributed by atoms with Gasteiger partial charge in [0.05, 0.1) is 0 Å². The second-order valence-corrected chi connectivity index (χ2v) is 11.9. The molecule has 0 spiro atoms. The van der Waals surface area contributed by atoms with Crippen molar-refractivity contribution in [1.82, 2.24) is 9.80 Å². The molecule has 41 heavy (non-hydrogen) atoms. The summed E-state index contributed by atoms with van der Waals surface area (Å²) in [6.07, 6.45) is 2.72. The van der Waals surface area contributed by atoms with Crippen molar-refractivity contribution >= 4 is 18.4 Å². The van der Waals surface area contributed by atoms with Gasteiger partial charge in [0.25, 0.3) is 0 Å². The fourth-order valence-electron chi connectivity index (χ4n) is 5.80. The molecule has 2 aliphatic rings. The highest BCUT2D eigenvalue weighted by molar-refractivity contribution is 5.68. The second-order valence-electron chi connectivity index (χ2n) is 11.9. The third kappa shape index (κ3) is 12.2. The van der Waals surface area contributed by atoms with Gasteiger partial charge in [0, 0.05) is 32.7 Å². The van der Waals surface area contributed by atoms with E-state index in [1.807, 2.05) is 35.2 Å². The van der Waals surface area contributed by atoms with Crippen LogP contribution in [0.25, 0.3) is 0 Å². The molecule has 1 amide bonds. The van der Waals surface area contributed by atoms with Gasteiger partial charge < -0.3 is 9.64 Å². The van der Waals surface area contributed by atoms with Crippen molar-refractivity contribution in [2.45, 2.75) is 67.5 Å². The molecule has 2 fully saturated rings. The molecule has 2 aromatic carbocycles. The lowest BCUT2D eigenvalue weighted by Gasteiger charge is -2.24. The molecule has 2 aromatic rings. The van der Waals surface area contributed by atoms with E-state index in [0.29, 0.717) is 17.9 Å². The predicted octanol–water partition coefficient (Wildman–Crippen LogP) is 6.08. The van der Waals surface area contributed by atoms with Crippen molar-refractivity contribution in [2.75, 3.05) is 26.2 Å². The normalized spacial score (nSPS) is 20.0. The molecule has 2 aliphatic heterocycles. The van der Waals surface area contributed by atoms with Crippen LogP contribution in [0.15, 0.2) is 60.7 Å². The maximum absolute atomic E-state index is 12.1. The Hall–Kier alpha value is -3.57. The van der Waals surface area contributed by atoms with Crippen LogP contribution in [0.4, 0.5) is 4.79 Å². The van der Waals surface area contributed by atoms with Gasteiger partial charge in [0.1, 0.15) is 6.61 Å². The molecule has 8 nitrogen and oxygen atoms in total. The Bertz CT molecular complexity index is 1080. The molecule has 0 unspecified atom stereocenters. The highest BCUT2D eigenvalue weighted by Crippen LogP contribution is 2.38. The van der Waals surface area contributed by atoms with E-state index in [9.17, 15) is 4.79 Å². The van der Waals surface area contributed by atoms with Crippen molar-refractivity contribution in [3.63, 3.8) is 0 Å². The van der Waals surface area contributed by atoms with E-state index in [4.69, 9.17) is 23.9 Å². The number of hydrogen-bond acceptors (Lipinski definition) is 7. The quantitative estimate of drug-likeness (QED) is 0.418. The summed E-state index contributed by atoms with van der Waals surface area (Å²) in [5.41, 5.74) is 3.15. The summed E-state index contributed by atoms with van der Waals surface area (Å²) in [5, 5.41) is 0. The van der Waals surface area contributed by atoms with Crippen LogP contribution < -0.4 is 0 Å². The Morgan fingerprint density at radius 3 is 1.63 bits per heavy atom. The number of nitrogens with zero attached hydrogens (tertiary/aromatic N) is 2. The van der Waals surface area contributed by atoms with Crippen molar-refractivity contribution in [2.24, 2.45) is 22.7 Å². The molecule has 0 aromatic heterocycles. The average Bonchev–Trinajstić information content (AvgIpc) is 3.42. The lowest BCUT2D eigenvalue weighted by molar-refractivity contribution is -0.193. The van der Waals surface area contributed by atoms with Gasteiger partial charge in [0.2, 0.25) is 0 Å². The second kappa shape index (κ2) is 18.0. The van der Waals surface area contributed by atoms with Gasteiger partial charge >= 0.3 is 18.4 Å². The minimum atomic E-state index is -0.187. The molecule has 0 radical (unpaired) electrons. The van der Waals surface area contributed by atoms with E-state index < -0.39 is 0 Å². The van der Waals surface area contributed by atoms with Crippen LogP contribution in [0.5, 0.6) is 0 Å². The Morgan fingerprint density at radius 2 is 1.20 bits per heavy atom. The molecule has 0 N–H and O–H groups in total. The zero-order valence-corrected chi connectivity index (χ0v) is 25.4. The van der Waals surface area contributed by atoms with Crippen molar-refractivity contribution < 1.29 is 28.7 Å². The standard InChI is InChI=1S/C16H23NO2.C15H23N.2CO2/c1-4-14-10-17(12-16(14,2)3)15(18)19-11-13-8-6-5-7-9-13;1-4-14-11-16(12-15(14,2)3)10-13-8-6-5-7-9-13;2*2-1-3/h5-9,14H,4,10-12H2,1-3H3;5-9,14H,4,10-12H2,1-3H3;;/t2*14-;;/m11../s1. The highest BCUT2D eigenvalue weighted by Gasteiger charge is 2.40. The van der Waals surface area contributed by atoms with Gasteiger partial charge in [-0.1, -0.05) is 115 Å². The Labute approximate surface area is 245 Å². The molecular weight excluding hydrogens is 520 g/mol. The van der Waals surface area contributed by atoms with E-state index in [2.05, 4.69) is 76.8 Å². The van der Waals surface area contributed by atoms with Crippen LogP contribution in [0, 0.1) is 22.7 Å². The van der Waals surface area contributed by atoms with Gasteiger partial charge in [-0.25, -0.2) is 4.79 Å². The first-order chi connectivity index (χ1) is 19.5. The number of hydrogen-bond donors (Lipinski definition) is 0. The molecule has 0 aliphatic carbocycles. The summed E-state index contributed by atoms with van der Waals surface area (Å²) in [7, 11) is 0. The minimum Gasteiger partial charge on any atom is -0.445 e. The number of benzene rings is 2. The molecule has 2 heterocycles. The summed E-state index contributed by atoms with van der Waals surface area (Å²) in [6.45, 7) is 19.3. The number of carbonyl (C=O) groups excluding carboxylic acids is 5. The van der Waals surface area contributed by atoms with Crippen LogP contribution in [0.1, 0.15) is 65.5 Å². The summed E-state index contributed by atoms with van der Waals surface area (Å²) in [4.78, 5) is 49.0. The summed E-state index contributed by atoms with van der Waals surface area (Å²) < 4.78 is 5.39. The Morgan fingerprint density at radius 1 is 0.756 bits per heavy atom. The van der Waals surface area contributed by atoms with Crippen LogP contribution in [-0.4, -0.2) is 54.4 Å². The average molecular weight is 567 g/mol. The lowest BCUT2D eigenvalue weighted by Crippen LogP contribution is -2.30.